The molecule has 4 rings (SSSR count). The number of hydrogen-bond donors (Lipinski definition) is 1. The maximum atomic E-state index is 12.8. The van der Waals surface area contributed by atoms with Gasteiger partial charge < -0.3 is 9.47 Å². The molecule has 0 radical (unpaired) electrons. The van der Waals surface area contributed by atoms with Crippen molar-refractivity contribution in [2.24, 2.45) is 0 Å². The summed E-state index contributed by atoms with van der Waals surface area (Å²) in [7, 11) is -0.855. The number of imide groups is 1. The van der Waals surface area contributed by atoms with Gasteiger partial charge in [0.1, 0.15) is 0 Å². The van der Waals surface area contributed by atoms with Gasteiger partial charge in [0.2, 0.25) is 0 Å². The van der Waals surface area contributed by atoms with Crippen molar-refractivity contribution in [1.29, 1.82) is 0 Å². The molecule has 174 valence electrons. The van der Waals surface area contributed by atoms with Crippen LogP contribution in [0.15, 0.2) is 77.7 Å². The van der Waals surface area contributed by atoms with Crippen LogP contribution < -0.4 is 14.2 Å². The minimum atomic E-state index is -3.82. The van der Waals surface area contributed by atoms with Crippen molar-refractivity contribution in [1.82, 2.24) is 4.90 Å². The summed E-state index contributed by atoms with van der Waals surface area (Å²) in [5.41, 5.74) is 1.86. The summed E-state index contributed by atoms with van der Waals surface area (Å²) in [5, 5.41) is 0. The molecule has 1 aliphatic rings. The Bertz CT molecular complexity index is 1350. The molecule has 1 heterocycles. The zero-order chi connectivity index (χ0) is 24.3. The van der Waals surface area contributed by atoms with Gasteiger partial charge >= 0.3 is 0 Å². The molecule has 2 amide bonds. The smallest absolute Gasteiger partial charge is 0.261 e. The number of nitrogens with one attached hydrogen (secondary N) is 1. The number of ether oxygens (including phenoxy) is 2. The second-order valence-electron chi connectivity index (χ2n) is 7.41. The van der Waals surface area contributed by atoms with Crippen LogP contribution >= 0.6 is 0 Å². The molecule has 3 aromatic carbocycles. The van der Waals surface area contributed by atoms with E-state index in [1.165, 1.54) is 37.3 Å². The molecule has 3 aromatic rings. The highest BCUT2D eigenvalue weighted by Crippen LogP contribution is 2.30. The van der Waals surface area contributed by atoms with E-state index in [1.54, 1.807) is 60.7 Å². The first kappa shape index (κ1) is 23.1. The molecule has 34 heavy (non-hydrogen) atoms. The summed E-state index contributed by atoms with van der Waals surface area (Å²) < 4.78 is 38.4. The molecule has 0 bridgehead atoms. The molecule has 0 atom stereocenters. The number of hydrogen-bond acceptors (Lipinski definition) is 6. The predicted molar refractivity (Wildman–Crippen MR) is 128 cm³/mol. The van der Waals surface area contributed by atoms with E-state index in [0.717, 1.165) is 5.56 Å². The van der Waals surface area contributed by atoms with Crippen molar-refractivity contribution in [3.63, 3.8) is 0 Å². The van der Waals surface area contributed by atoms with E-state index in [-0.39, 0.29) is 23.3 Å². The number of nitrogens with zero attached hydrogens (tertiary/aromatic N) is 1. The van der Waals surface area contributed by atoms with Gasteiger partial charge in [-0.05, 0) is 42.0 Å². The molecule has 0 spiro atoms. The fourth-order valence-corrected chi connectivity index (χ4v) is 4.62. The summed E-state index contributed by atoms with van der Waals surface area (Å²) >= 11 is 0. The van der Waals surface area contributed by atoms with Crippen molar-refractivity contribution < 1.29 is 27.5 Å². The Morgan fingerprint density at radius 2 is 1.47 bits per heavy atom. The summed E-state index contributed by atoms with van der Waals surface area (Å²) in [6, 6.07) is 17.7. The predicted octanol–water partition coefficient (Wildman–Crippen LogP) is 3.81. The lowest BCUT2D eigenvalue weighted by Crippen LogP contribution is -2.29. The largest absolute Gasteiger partial charge is 0.493 e. The minimum Gasteiger partial charge on any atom is -0.493 e. The Kier molecular flexibility index (Phi) is 6.38. The van der Waals surface area contributed by atoms with E-state index < -0.39 is 10.0 Å². The monoisotopic (exact) mass is 478 g/mol. The molecule has 0 fully saturated rings. The summed E-state index contributed by atoms with van der Waals surface area (Å²) in [6.45, 7) is 0.118. The first-order chi connectivity index (χ1) is 16.3. The Balaban J connectivity index is 1.42. The number of benzene rings is 3. The van der Waals surface area contributed by atoms with Crippen LogP contribution in [0.5, 0.6) is 11.5 Å². The number of anilines is 1. The number of carbonyl (C=O) groups is 2. The number of sulfonamides is 1. The summed E-state index contributed by atoms with van der Waals surface area (Å²) in [4.78, 5) is 26.1. The molecule has 0 saturated heterocycles. The molecule has 0 aliphatic carbocycles. The maximum Gasteiger partial charge on any atom is 0.261 e. The Labute approximate surface area is 197 Å². The third kappa shape index (κ3) is 4.51. The van der Waals surface area contributed by atoms with Gasteiger partial charge in [0.25, 0.3) is 21.8 Å². The molecular weight excluding hydrogens is 456 g/mol. The topological polar surface area (TPSA) is 102 Å². The van der Waals surface area contributed by atoms with Gasteiger partial charge in [-0.3, -0.25) is 19.2 Å². The lowest BCUT2D eigenvalue weighted by molar-refractivity contribution is 0.0672. The fraction of sp³-hybridized carbons (Fsp3) is 0.120. The summed E-state index contributed by atoms with van der Waals surface area (Å²) in [6.07, 6.45) is 3.41. The van der Waals surface area contributed by atoms with E-state index in [9.17, 15) is 18.0 Å². The van der Waals surface area contributed by atoms with Crippen LogP contribution in [0.4, 0.5) is 5.69 Å². The lowest BCUT2D eigenvalue weighted by atomic mass is 10.1. The molecule has 9 heteroatoms. The fourth-order valence-electron chi connectivity index (χ4n) is 3.57. The van der Waals surface area contributed by atoms with Crippen LogP contribution in [0, 0.1) is 0 Å². The van der Waals surface area contributed by atoms with Gasteiger partial charge in [-0.15, -0.1) is 0 Å². The highest BCUT2D eigenvalue weighted by Gasteiger charge is 2.34. The normalized spacial score (nSPS) is 13.3. The summed E-state index contributed by atoms with van der Waals surface area (Å²) in [5.74, 6) is 0.241. The van der Waals surface area contributed by atoms with Gasteiger partial charge in [-0.2, -0.15) is 0 Å². The van der Waals surface area contributed by atoms with Crippen molar-refractivity contribution >= 4 is 33.6 Å². The Morgan fingerprint density at radius 1 is 0.853 bits per heavy atom. The quantitative estimate of drug-likeness (QED) is 0.494. The highest BCUT2D eigenvalue weighted by atomic mass is 32.2. The van der Waals surface area contributed by atoms with Crippen LogP contribution in [0.3, 0.4) is 0 Å². The Morgan fingerprint density at radius 3 is 2.06 bits per heavy atom. The minimum absolute atomic E-state index is 0.0831. The van der Waals surface area contributed by atoms with Crippen molar-refractivity contribution in [3.05, 3.63) is 89.5 Å². The zero-order valence-corrected chi connectivity index (χ0v) is 19.3. The standard InChI is InChI=1S/C25H22N2O6S/c1-32-22-14-11-18(16-23(22)33-2)26-34(30,31)19-12-9-17(10-13-19)6-5-15-27-24(28)20-7-3-4-8-21(20)25(27)29/h3-14,16,26H,15H2,1-2H3. The Hall–Kier alpha value is -4.11. The van der Waals surface area contributed by atoms with E-state index in [2.05, 4.69) is 4.72 Å². The zero-order valence-electron chi connectivity index (χ0n) is 18.5. The molecule has 1 aliphatic heterocycles. The first-order valence-electron chi connectivity index (χ1n) is 10.3. The van der Waals surface area contributed by atoms with E-state index >= 15 is 0 Å². The second kappa shape index (κ2) is 9.40. The number of fused-ring (bicyclic) bond motifs is 1. The molecule has 0 aromatic heterocycles. The molecule has 0 saturated carbocycles. The number of amides is 2. The van der Waals surface area contributed by atoms with Gasteiger partial charge in [-0.25, -0.2) is 8.42 Å². The van der Waals surface area contributed by atoms with Crippen molar-refractivity contribution in [2.75, 3.05) is 25.5 Å². The lowest BCUT2D eigenvalue weighted by Gasteiger charge is -2.12. The van der Waals surface area contributed by atoms with Crippen LogP contribution in [-0.4, -0.2) is 45.9 Å². The van der Waals surface area contributed by atoms with Gasteiger partial charge in [-0.1, -0.05) is 36.4 Å². The van der Waals surface area contributed by atoms with E-state index in [0.29, 0.717) is 28.3 Å². The average Bonchev–Trinajstić information content (AvgIpc) is 3.09. The highest BCUT2D eigenvalue weighted by molar-refractivity contribution is 7.92. The van der Waals surface area contributed by atoms with Crippen LogP contribution in [0.25, 0.3) is 6.08 Å². The van der Waals surface area contributed by atoms with Crippen LogP contribution in [-0.2, 0) is 10.0 Å². The van der Waals surface area contributed by atoms with E-state index in [4.69, 9.17) is 9.47 Å². The third-order valence-electron chi connectivity index (χ3n) is 5.30. The average molecular weight is 479 g/mol. The first-order valence-corrected chi connectivity index (χ1v) is 11.8. The number of carbonyl (C=O) groups excluding carboxylic acids is 2. The van der Waals surface area contributed by atoms with Crippen LogP contribution in [0.2, 0.25) is 0 Å². The van der Waals surface area contributed by atoms with Gasteiger partial charge in [0.05, 0.1) is 35.9 Å². The van der Waals surface area contributed by atoms with Crippen molar-refractivity contribution in [3.8, 4) is 11.5 Å². The molecule has 1 N–H and O–H groups in total. The number of rotatable bonds is 8. The second-order valence-corrected chi connectivity index (χ2v) is 9.10. The van der Waals surface area contributed by atoms with Gasteiger partial charge in [0, 0.05) is 12.6 Å². The van der Waals surface area contributed by atoms with Crippen LogP contribution in [0.1, 0.15) is 26.3 Å². The maximum absolute atomic E-state index is 12.8. The van der Waals surface area contributed by atoms with Gasteiger partial charge in [0.15, 0.2) is 11.5 Å². The molecular formula is C25H22N2O6S. The molecule has 8 nitrogen and oxygen atoms in total. The van der Waals surface area contributed by atoms with E-state index in [1.807, 2.05) is 0 Å². The third-order valence-corrected chi connectivity index (χ3v) is 6.70. The number of methoxy groups -OCH3 is 2. The SMILES string of the molecule is COc1ccc(NS(=O)(=O)c2ccc(C=CCN3C(=O)c4ccccc4C3=O)cc2)cc1OC. The van der Waals surface area contributed by atoms with Crippen molar-refractivity contribution in [2.45, 2.75) is 4.90 Å². The molecule has 0 unspecified atom stereocenters.